The molecule has 0 bridgehead atoms. The Bertz CT molecular complexity index is 428. The SMILES string of the molecule is O=C(O)c1occc1O.OCc1ccco1. The lowest BCUT2D eigenvalue weighted by molar-refractivity contribution is 0.0658. The maximum absolute atomic E-state index is 10.0. The third-order valence-electron chi connectivity index (χ3n) is 1.57. The molecule has 6 nitrogen and oxygen atoms in total. The Morgan fingerprint density at radius 2 is 2.00 bits per heavy atom. The summed E-state index contributed by atoms with van der Waals surface area (Å²) < 4.78 is 9.11. The Morgan fingerprint density at radius 1 is 1.25 bits per heavy atom. The Kier molecular flexibility index (Phi) is 4.16. The van der Waals surface area contributed by atoms with E-state index >= 15 is 0 Å². The van der Waals surface area contributed by atoms with Crippen molar-refractivity contribution < 1.29 is 28.9 Å². The highest BCUT2D eigenvalue weighted by Crippen LogP contribution is 2.16. The molecule has 16 heavy (non-hydrogen) atoms. The van der Waals surface area contributed by atoms with E-state index in [2.05, 4.69) is 4.42 Å². The van der Waals surface area contributed by atoms with Gasteiger partial charge in [0.05, 0.1) is 12.5 Å². The highest BCUT2D eigenvalue weighted by atomic mass is 16.4. The minimum atomic E-state index is -1.27. The Hall–Kier alpha value is -2.21. The average molecular weight is 226 g/mol. The van der Waals surface area contributed by atoms with Crippen molar-refractivity contribution in [3.8, 4) is 5.75 Å². The van der Waals surface area contributed by atoms with Crippen LogP contribution in [-0.2, 0) is 6.61 Å². The lowest BCUT2D eigenvalue weighted by atomic mass is 10.4. The molecule has 2 heterocycles. The molecular formula is C10H10O6. The number of furan rings is 2. The summed E-state index contributed by atoms with van der Waals surface area (Å²) in [6, 6.07) is 4.63. The zero-order valence-electron chi connectivity index (χ0n) is 8.16. The molecule has 0 saturated carbocycles. The topological polar surface area (TPSA) is 104 Å². The zero-order chi connectivity index (χ0) is 12.0. The molecule has 2 aromatic rings. The molecular weight excluding hydrogens is 216 g/mol. The second-order valence-corrected chi connectivity index (χ2v) is 2.68. The van der Waals surface area contributed by atoms with Gasteiger partial charge in [-0.3, -0.25) is 0 Å². The molecule has 2 aromatic heterocycles. The number of carbonyl (C=O) groups is 1. The van der Waals surface area contributed by atoms with Crippen molar-refractivity contribution in [2.75, 3.05) is 0 Å². The molecule has 0 aliphatic carbocycles. The minimum Gasteiger partial charge on any atom is -0.504 e. The molecule has 3 N–H and O–H groups in total. The number of carboxylic acids is 1. The summed E-state index contributed by atoms with van der Waals surface area (Å²) in [6.45, 7) is -0.00694. The normalized spacial score (nSPS) is 9.31. The van der Waals surface area contributed by atoms with Crippen LogP contribution < -0.4 is 0 Å². The van der Waals surface area contributed by atoms with Crippen molar-refractivity contribution in [2.24, 2.45) is 0 Å². The van der Waals surface area contributed by atoms with Gasteiger partial charge in [-0.25, -0.2) is 4.79 Å². The molecule has 0 saturated heterocycles. The molecule has 0 fully saturated rings. The van der Waals surface area contributed by atoms with E-state index in [9.17, 15) is 4.79 Å². The Balaban J connectivity index is 0.000000165. The molecule has 0 amide bonds. The third-order valence-corrected chi connectivity index (χ3v) is 1.57. The van der Waals surface area contributed by atoms with E-state index in [0.29, 0.717) is 5.76 Å². The maximum atomic E-state index is 10.0. The second kappa shape index (κ2) is 5.62. The minimum absolute atomic E-state index is 0.00694. The highest BCUT2D eigenvalue weighted by molar-refractivity contribution is 5.87. The van der Waals surface area contributed by atoms with Gasteiger partial charge < -0.3 is 24.2 Å². The standard InChI is InChI=1S/C5H4O4.C5H6O2/c6-3-1-2-9-4(3)5(7)8;6-4-5-2-1-3-7-5/h1-2,6H,(H,7,8);1-3,6H,4H2. The van der Waals surface area contributed by atoms with Crippen LogP contribution in [0.2, 0.25) is 0 Å². The molecule has 0 aliphatic heterocycles. The average Bonchev–Trinajstić information content (AvgIpc) is 2.88. The Labute approximate surface area is 90.4 Å². The van der Waals surface area contributed by atoms with Crippen LogP contribution in [0.3, 0.4) is 0 Å². The van der Waals surface area contributed by atoms with Crippen LogP contribution in [-0.4, -0.2) is 21.3 Å². The summed E-state index contributed by atoms with van der Waals surface area (Å²) in [5.74, 6) is -1.42. The summed E-state index contributed by atoms with van der Waals surface area (Å²) in [6.07, 6.45) is 2.64. The van der Waals surface area contributed by atoms with Crippen molar-refractivity contribution in [2.45, 2.75) is 6.61 Å². The summed E-state index contributed by atoms with van der Waals surface area (Å²) in [5, 5.41) is 25.2. The smallest absolute Gasteiger partial charge is 0.375 e. The van der Waals surface area contributed by atoms with Gasteiger partial charge in [0.1, 0.15) is 12.4 Å². The van der Waals surface area contributed by atoms with Crippen molar-refractivity contribution in [1.29, 1.82) is 0 Å². The largest absolute Gasteiger partial charge is 0.504 e. The maximum Gasteiger partial charge on any atom is 0.375 e. The van der Waals surface area contributed by atoms with Gasteiger partial charge in [-0.15, -0.1) is 0 Å². The van der Waals surface area contributed by atoms with E-state index in [1.807, 2.05) is 0 Å². The lowest BCUT2D eigenvalue weighted by Gasteiger charge is -1.84. The number of hydrogen-bond acceptors (Lipinski definition) is 5. The molecule has 0 spiro atoms. The summed E-state index contributed by atoms with van der Waals surface area (Å²) in [4.78, 5) is 10.0. The first-order valence-corrected chi connectivity index (χ1v) is 4.28. The fraction of sp³-hybridized carbons (Fsp3) is 0.100. The summed E-state index contributed by atoms with van der Waals surface area (Å²) >= 11 is 0. The van der Waals surface area contributed by atoms with Crippen molar-refractivity contribution in [3.05, 3.63) is 42.2 Å². The van der Waals surface area contributed by atoms with Gasteiger partial charge >= 0.3 is 5.97 Å². The highest BCUT2D eigenvalue weighted by Gasteiger charge is 2.11. The molecule has 0 aliphatic rings. The van der Waals surface area contributed by atoms with E-state index in [4.69, 9.17) is 19.7 Å². The fourth-order valence-electron chi connectivity index (χ4n) is 0.865. The first-order chi connectivity index (χ1) is 7.65. The number of aromatic hydroxyl groups is 1. The van der Waals surface area contributed by atoms with Crippen molar-refractivity contribution >= 4 is 5.97 Å². The molecule has 0 unspecified atom stereocenters. The molecule has 0 atom stereocenters. The van der Waals surface area contributed by atoms with E-state index in [0.717, 1.165) is 6.26 Å². The summed E-state index contributed by atoms with van der Waals surface area (Å²) in [5.41, 5.74) is 0. The van der Waals surface area contributed by atoms with Crippen molar-refractivity contribution in [3.63, 3.8) is 0 Å². The number of hydrogen-bond donors (Lipinski definition) is 3. The van der Waals surface area contributed by atoms with Crippen LogP contribution >= 0.6 is 0 Å². The van der Waals surface area contributed by atoms with E-state index in [1.54, 1.807) is 12.1 Å². The Morgan fingerprint density at radius 3 is 2.25 bits per heavy atom. The number of aliphatic hydroxyl groups excluding tert-OH is 1. The van der Waals surface area contributed by atoms with Gasteiger partial charge in [0.15, 0.2) is 5.75 Å². The molecule has 0 radical (unpaired) electrons. The van der Waals surface area contributed by atoms with Gasteiger partial charge in [-0.1, -0.05) is 0 Å². The molecule has 6 heteroatoms. The number of aliphatic hydroxyl groups is 1. The first-order valence-electron chi connectivity index (χ1n) is 4.28. The van der Waals surface area contributed by atoms with Crippen LogP contribution in [0.15, 0.2) is 39.6 Å². The molecule has 2 rings (SSSR count). The quantitative estimate of drug-likeness (QED) is 0.716. The van der Waals surface area contributed by atoms with Gasteiger partial charge in [0.2, 0.25) is 0 Å². The van der Waals surface area contributed by atoms with Gasteiger partial charge in [0.25, 0.3) is 5.76 Å². The fourth-order valence-corrected chi connectivity index (χ4v) is 0.865. The van der Waals surface area contributed by atoms with Gasteiger partial charge in [0, 0.05) is 6.07 Å². The van der Waals surface area contributed by atoms with E-state index in [-0.39, 0.29) is 12.4 Å². The van der Waals surface area contributed by atoms with Crippen LogP contribution in [0, 0.1) is 0 Å². The van der Waals surface area contributed by atoms with Gasteiger partial charge in [-0.05, 0) is 12.1 Å². The second-order valence-electron chi connectivity index (χ2n) is 2.68. The van der Waals surface area contributed by atoms with Crippen LogP contribution in [0.5, 0.6) is 5.75 Å². The monoisotopic (exact) mass is 226 g/mol. The predicted octanol–water partition coefficient (Wildman–Crippen LogP) is 1.46. The zero-order valence-corrected chi connectivity index (χ0v) is 8.16. The van der Waals surface area contributed by atoms with E-state index in [1.165, 1.54) is 12.3 Å². The third kappa shape index (κ3) is 3.18. The van der Waals surface area contributed by atoms with Crippen LogP contribution in [0.1, 0.15) is 16.3 Å². The van der Waals surface area contributed by atoms with Crippen molar-refractivity contribution in [1.82, 2.24) is 0 Å². The van der Waals surface area contributed by atoms with E-state index < -0.39 is 11.7 Å². The lowest BCUT2D eigenvalue weighted by Crippen LogP contribution is -1.92. The first kappa shape index (κ1) is 11.9. The number of aromatic carboxylic acids is 1. The van der Waals surface area contributed by atoms with Gasteiger partial charge in [-0.2, -0.15) is 0 Å². The molecule has 86 valence electrons. The van der Waals surface area contributed by atoms with Crippen LogP contribution in [0.25, 0.3) is 0 Å². The number of carboxylic acid groups (broad SMARTS) is 1. The molecule has 0 aromatic carbocycles. The summed E-state index contributed by atoms with van der Waals surface area (Å²) in [7, 11) is 0. The van der Waals surface area contributed by atoms with Crippen LogP contribution in [0.4, 0.5) is 0 Å². The number of rotatable bonds is 2. The predicted molar refractivity (Wildman–Crippen MR) is 52.0 cm³/mol.